The van der Waals surface area contributed by atoms with Gasteiger partial charge in [-0.05, 0) is 25.0 Å². The van der Waals surface area contributed by atoms with Crippen molar-refractivity contribution in [3.8, 4) is 0 Å². The Morgan fingerprint density at radius 3 is 2.06 bits per heavy atom. The Morgan fingerprint density at radius 1 is 0.889 bits per heavy atom. The molecule has 0 radical (unpaired) electrons. The van der Waals surface area contributed by atoms with Crippen LogP contribution in [0.4, 0.5) is 0 Å². The summed E-state index contributed by atoms with van der Waals surface area (Å²) in [4.78, 5) is 0.0282. The highest BCUT2D eigenvalue weighted by atomic mass is 35.5. The lowest BCUT2D eigenvalue weighted by atomic mass is 10.2. The van der Waals surface area contributed by atoms with E-state index in [0.29, 0.717) is 13.1 Å². The molecule has 0 aromatic heterocycles. The maximum absolute atomic E-state index is 12.4. The number of sulfonamides is 1. The van der Waals surface area contributed by atoms with Gasteiger partial charge in [-0.25, -0.2) is 8.42 Å². The van der Waals surface area contributed by atoms with Crippen LogP contribution in [0.25, 0.3) is 0 Å². The minimum Gasteiger partial charge on any atom is -0.207 e. The molecule has 2 rings (SSSR count). The number of rotatable bonds is 2. The van der Waals surface area contributed by atoms with Crippen molar-refractivity contribution in [3.63, 3.8) is 0 Å². The zero-order valence-electron chi connectivity index (χ0n) is 9.50. The SMILES string of the molecule is O=S(=O)(c1cc(Cl)c(Cl)cc1Cl)N1CCCCC1. The van der Waals surface area contributed by atoms with Gasteiger partial charge in [-0.1, -0.05) is 41.2 Å². The van der Waals surface area contributed by atoms with Gasteiger partial charge in [0.05, 0.1) is 15.1 Å². The summed E-state index contributed by atoms with van der Waals surface area (Å²) in [6, 6.07) is 2.68. The van der Waals surface area contributed by atoms with E-state index >= 15 is 0 Å². The van der Waals surface area contributed by atoms with Crippen molar-refractivity contribution in [3.05, 3.63) is 27.2 Å². The lowest BCUT2D eigenvalue weighted by molar-refractivity contribution is 0.346. The van der Waals surface area contributed by atoms with E-state index in [9.17, 15) is 8.42 Å². The molecule has 0 amide bonds. The molecule has 0 saturated carbocycles. The molecule has 7 heteroatoms. The fourth-order valence-corrected chi connectivity index (χ4v) is 4.44. The minimum atomic E-state index is -3.57. The number of piperidine rings is 1. The van der Waals surface area contributed by atoms with E-state index in [4.69, 9.17) is 34.8 Å². The Bertz CT molecular complexity index is 554. The van der Waals surface area contributed by atoms with Crippen LogP contribution in [0.5, 0.6) is 0 Å². The summed E-state index contributed by atoms with van der Waals surface area (Å²) < 4.78 is 26.3. The predicted octanol–water partition coefficient (Wildman–Crippen LogP) is 3.82. The Labute approximate surface area is 122 Å². The molecule has 0 N–H and O–H groups in total. The highest BCUT2D eigenvalue weighted by Crippen LogP contribution is 2.33. The van der Waals surface area contributed by atoms with Crippen molar-refractivity contribution in [2.45, 2.75) is 24.2 Å². The second-order valence-electron chi connectivity index (χ2n) is 4.16. The normalized spacial score (nSPS) is 17.9. The van der Waals surface area contributed by atoms with Crippen LogP contribution in [0.15, 0.2) is 17.0 Å². The number of hydrogen-bond acceptors (Lipinski definition) is 2. The molecule has 0 spiro atoms. The van der Waals surface area contributed by atoms with Crippen molar-refractivity contribution in [2.75, 3.05) is 13.1 Å². The molecular formula is C11H12Cl3NO2S. The van der Waals surface area contributed by atoms with Gasteiger partial charge in [0, 0.05) is 13.1 Å². The molecule has 3 nitrogen and oxygen atoms in total. The molecule has 0 atom stereocenters. The van der Waals surface area contributed by atoms with Gasteiger partial charge in [-0.3, -0.25) is 0 Å². The van der Waals surface area contributed by atoms with Crippen LogP contribution in [0.2, 0.25) is 15.1 Å². The van der Waals surface area contributed by atoms with E-state index < -0.39 is 10.0 Å². The summed E-state index contributed by atoms with van der Waals surface area (Å²) >= 11 is 17.6. The molecule has 1 aromatic rings. The van der Waals surface area contributed by atoms with E-state index in [1.807, 2.05) is 0 Å². The average molecular weight is 329 g/mol. The lowest BCUT2D eigenvalue weighted by Crippen LogP contribution is -2.35. The summed E-state index contributed by atoms with van der Waals surface area (Å²) in [5.41, 5.74) is 0. The standard InChI is InChI=1S/C11H12Cl3NO2S/c12-8-6-10(14)11(7-9(8)13)18(16,17)15-4-2-1-3-5-15/h6-7H,1-5H2. The third kappa shape index (κ3) is 2.78. The molecular weight excluding hydrogens is 317 g/mol. The first kappa shape index (κ1) is 14.4. The maximum atomic E-state index is 12.4. The van der Waals surface area contributed by atoms with E-state index in [-0.39, 0.29) is 20.0 Å². The topological polar surface area (TPSA) is 37.4 Å². The van der Waals surface area contributed by atoms with Crippen LogP contribution in [0.3, 0.4) is 0 Å². The van der Waals surface area contributed by atoms with E-state index in [1.165, 1.54) is 16.4 Å². The molecule has 0 aliphatic carbocycles. The van der Waals surface area contributed by atoms with Gasteiger partial charge in [0.1, 0.15) is 4.90 Å². The fraction of sp³-hybridized carbons (Fsp3) is 0.455. The molecule has 1 fully saturated rings. The van der Waals surface area contributed by atoms with Crippen LogP contribution >= 0.6 is 34.8 Å². The van der Waals surface area contributed by atoms with Gasteiger partial charge in [0.15, 0.2) is 0 Å². The molecule has 100 valence electrons. The van der Waals surface area contributed by atoms with Crippen molar-refractivity contribution < 1.29 is 8.42 Å². The monoisotopic (exact) mass is 327 g/mol. The Hall–Kier alpha value is -0.000000000000000132. The van der Waals surface area contributed by atoms with Crippen LogP contribution in [-0.2, 0) is 10.0 Å². The van der Waals surface area contributed by atoms with Gasteiger partial charge in [-0.2, -0.15) is 4.31 Å². The summed E-state index contributed by atoms with van der Waals surface area (Å²) in [5, 5.41) is 0.547. The first-order chi connectivity index (χ1) is 8.43. The smallest absolute Gasteiger partial charge is 0.207 e. The second-order valence-corrected chi connectivity index (χ2v) is 7.29. The Morgan fingerprint density at radius 2 is 1.44 bits per heavy atom. The number of halogens is 3. The summed E-state index contributed by atoms with van der Waals surface area (Å²) in [7, 11) is -3.57. The van der Waals surface area contributed by atoms with Crippen LogP contribution in [0, 0.1) is 0 Å². The van der Waals surface area contributed by atoms with Crippen LogP contribution < -0.4 is 0 Å². The van der Waals surface area contributed by atoms with Gasteiger partial charge in [0.25, 0.3) is 0 Å². The van der Waals surface area contributed by atoms with Gasteiger partial charge >= 0.3 is 0 Å². The number of hydrogen-bond donors (Lipinski definition) is 0. The molecule has 1 aromatic carbocycles. The quantitative estimate of drug-likeness (QED) is 0.774. The van der Waals surface area contributed by atoms with Crippen LogP contribution in [-0.4, -0.2) is 25.8 Å². The molecule has 1 aliphatic rings. The van der Waals surface area contributed by atoms with Gasteiger partial charge < -0.3 is 0 Å². The predicted molar refractivity (Wildman–Crippen MR) is 74.1 cm³/mol. The molecule has 1 aliphatic heterocycles. The Kier molecular flexibility index (Phi) is 4.44. The first-order valence-electron chi connectivity index (χ1n) is 5.57. The largest absolute Gasteiger partial charge is 0.244 e. The molecule has 18 heavy (non-hydrogen) atoms. The summed E-state index contributed by atoms with van der Waals surface area (Å²) in [5.74, 6) is 0. The minimum absolute atomic E-state index is 0.0282. The summed E-state index contributed by atoms with van der Waals surface area (Å²) in [6.07, 6.45) is 2.80. The molecule has 0 bridgehead atoms. The Balaban J connectivity index is 2.43. The third-order valence-corrected chi connectivity index (χ3v) is 5.99. The van der Waals surface area contributed by atoms with Crippen molar-refractivity contribution >= 4 is 44.8 Å². The lowest BCUT2D eigenvalue weighted by Gasteiger charge is -2.26. The zero-order valence-corrected chi connectivity index (χ0v) is 12.6. The van der Waals surface area contributed by atoms with E-state index in [2.05, 4.69) is 0 Å². The van der Waals surface area contributed by atoms with E-state index in [0.717, 1.165) is 19.3 Å². The van der Waals surface area contributed by atoms with Crippen molar-refractivity contribution in [1.29, 1.82) is 0 Å². The number of benzene rings is 1. The highest BCUT2D eigenvalue weighted by molar-refractivity contribution is 7.89. The van der Waals surface area contributed by atoms with Crippen molar-refractivity contribution in [1.82, 2.24) is 4.31 Å². The fourth-order valence-electron chi connectivity index (χ4n) is 1.95. The third-order valence-electron chi connectivity index (χ3n) is 2.91. The van der Waals surface area contributed by atoms with Gasteiger partial charge in [-0.15, -0.1) is 0 Å². The molecule has 1 saturated heterocycles. The first-order valence-corrected chi connectivity index (χ1v) is 8.15. The maximum Gasteiger partial charge on any atom is 0.244 e. The van der Waals surface area contributed by atoms with Crippen molar-refractivity contribution in [2.24, 2.45) is 0 Å². The van der Waals surface area contributed by atoms with Crippen LogP contribution in [0.1, 0.15) is 19.3 Å². The molecule has 1 heterocycles. The highest BCUT2D eigenvalue weighted by Gasteiger charge is 2.28. The van der Waals surface area contributed by atoms with Gasteiger partial charge in [0.2, 0.25) is 10.0 Å². The zero-order chi connectivity index (χ0) is 13.3. The number of nitrogens with zero attached hydrogens (tertiary/aromatic N) is 1. The average Bonchev–Trinajstić information content (AvgIpc) is 2.34. The summed E-state index contributed by atoms with van der Waals surface area (Å²) in [6.45, 7) is 1.05. The van der Waals surface area contributed by atoms with E-state index in [1.54, 1.807) is 0 Å². The second kappa shape index (κ2) is 5.55. The molecule has 0 unspecified atom stereocenters.